The van der Waals surface area contributed by atoms with Crippen LogP contribution in [-0.4, -0.2) is 35.7 Å². The summed E-state index contributed by atoms with van der Waals surface area (Å²) in [4.78, 5) is 4.28. The number of ether oxygens (including phenoxy) is 2. The number of aliphatic imine (C=N–C) groups is 1. The minimum atomic E-state index is -0.0764. The average molecular weight is 397 g/mol. The van der Waals surface area contributed by atoms with E-state index in [4.69, 9.17) is 21.1 Å². The van der Waals surface area contributed by atoms with Crippen molar-refractivity contribution in [1.82, 2.24) is 10.2 Å². The molecule has 0 radical (unpaired) electrons. The van der Waals surface area contributed by atoms with Gasteiger partial charge in [-0.2, -0.15) is 10.4 Å². The molecule has 0 bridgehead atoms. The molecule has 0 fully saturated rings. The summed E-state index contributed by atoms with van der Waals surface area (Å²) in [6, 6.07) is 12.7. The molecule has 1 heterocycles. The number of aromatic nitrogens is 2. The standard InChI is InChI=1S/C20H17ClN4O3/c1-27-18-9-13(8-17(26)19(18)28-2)11-23-20-15(10-22)16(24-25-20)7-12-4-3-5-14(21)6-12/h3-6,8-9,11,26H,7H2,1-2H3,(H,24,25). The number of hydrogen-bond donors (Lipinski definition) is 2. The second-order valence-corrected chi connectivity index (χ2v) is 6.29. The fourth-order valence-corrected chi connectivity index (χ4v) is 2.95. The zero-order valence-corrected chi connectivity index (χ0v) is 16.0. The molecular formula is C20H17ClN4O3. The average Bonchev–Trinajstić information content (AvgIpc) is 3.07. The van der Waals surface area contributed by atoms with Gasteiger partial charge in [0.05, 0.1) is 19.9 Å². The summed E-state index contributed by atoms with van der Waals surface area (Å²) in [5.41, 5.74) is 2.51. The number of nitrogens with one attached hydrogen (secondary N) is 1. The van der Waals surface area contributed by atoms with Crippen LogP contribution in [0.1, 0.15) is 22.4 Å². The Morgan fingerprint density at radius 1 is 1.29 bits per heavy atom. The summed E-state index contributed by atoms with van der Waals surface area (Å²) in [5, 5.41) is 27.2. The van der Waals surface area contributed by atoms with Crippen molar-refractivity contribution < 1.29 is 14.6 Å². The van der Waals surface area contributed by atoms with E-state index in [-0.39, 0.29) is 17.3 Å². The van der Waals surface area contributed by atoms with Crippen LogP contribution in [-0.2, 0) is 6.42 Å². The van der Waals surface area contributed by atoms with Crippen molar-refractivity contribution in [2.45, 2.75) is 6.42 Å². The van der Waals surface area contributed by atoms with Gasteiger partial charge < -0.3 is 14.6 Å². The van der Waals surface area contributed by atoms with Crippen LogP contribution in [0.15, 0.2) is 41.4 Å². The minimum Gasteiger partial charge on any atom is -0.504 e. The van der Waals surface area contributed by atoms with E-state index in [0.29, 0.717) is 34.0 Å². The zero-order chi connectivity index (χ0) is 20.1. The third kappa shape index (κ3) is 4.08. The van der Waals surface area contributed by atoms with E-state index < -0.39 is 0 Å². The molecule has 3 aromatic rings. The second-order valence-electron chi connectivity index (χ2n) is 5.85. The van der Waals surface area contributed by atoms with Crippen LogP contribution in [0.3, 0.4) is 0 Å². The van der Waals surface area contributed by atoms with E-state index in [2.05, 4.69) is 21.3 Å². The number of aromatic hydroxyl groups is 1. The van der Waals surface area contributed by atoms with Crippen molar-refractivity contribution in [1.29, 1.82) is 5.26 Å². The van der Waals surface area contributed by atoms with Crippen molar-refractivity contribution >= 4 is 23.6 Å². The van der Waals surface area contributed by atoms with Crippen LogP contribution in [0.4, 0.5) is 5.82 Å². The van der Waals surface area contributed by atoms with Gasteiger partial charge in [0.2, 0.25) is 5.75 Å². The molecular weight excluding hydrogens is 380 g/mol. The van der Waals surface area contributed by atoms with Gasteiger partial charge in [0, 0.05) is 23.2 Å². The Balaban J connectivity index is 1.88. The molecule has 0 amide bonds. The number of nitrogens with zero attached hydrogens (tertiary/aromatic N) is 3. The maximum absolute atomic E-state index is 10.0. The van der Waals surface area contributed by atoms with Crippen molar-refractivity contribution in [3.63, 3.8) is 0 Å². The molecule has 0 aliphatic rings. The third-order valence-corrected chi connectivity index (χ3v) is 4.26. The quantitative estimate of drug-likeness (QED) is 0.613. The first kappa shape index (κ1) is 19.3. The highest BCUT2D eigenvalue weighted by molar-refractivity contribution is 6.30. The molecule has 0 saturated carbocycles. The number of hydrogen-bond acceptors (Lipinski definition) is 6. The first-order valence-electron chi connectivity index (χ1n) is 8.26. The Kier molecular flexibility index (Phi) is 5.82. The molecule has 0 atom stereocenters. The Bertz CT molecular complexity index is 1070. The van der Waals surface area contributed by atoms with Crippen molar-refractivity contribution in [2.24, 2.45) is 4.99 Å². The Morgan fingerprint density at radius 3 is 2.79 bits per heavy atom. The van der Waals surface area contributed by atoms with Crippen LogP contribution >= 0.6 is 11.6 Å². The van der Waals surface area contributed by atoms with Crippen molar-refractivity contribution in [3.8, 4) is 23.3 Å². The predicted octanol–water partition coefficient (Wildman–Crippen LogP) is 4.00. The largest absolute Gasteiger partial charge is 0.504 e. The lowest BCUT2D eigenvalue weighted by Gasteiger charge is -2.09. The van der Waals surface area contributed by atoms with Gasteiger partial charge in [-0.15, -0.1) is 0 Å². The first-order valence-corrected chi connectivity index (χ1v) is 8.64. The number of nitriles is 1. The monoisotopic (exact) mass is 396 g/mol. The molecule has 0 aliphatic carbocycles. The Hall–Kier alpha value is -3.50. The summed E-state index contributed by atoms with van der Waals surface area (Å²) >= 11 is 6.01. The topological polar surface area (TPSA) is 104 Å². The van der Waals surface area contributed by atoms with Crippen LogP contribution < -0.4 is 9.47 Å². The second kappa shape index (κ2) is 8.46. The minimum absolute atomic E-state index is 0.0764. The summed E-state index contributed by atoms with van der Waals surface area (Å²) in [7, 11) is 2.91. The number of methoxy groups -OCH3 is 2. The lowest BCUT2D eigenvalue weighted by molar-refractivity contribution is 0.333. The molecule has 7 nitrogen and oxygen atoms in total. The van der Waals surface area contributed by atoms with Crippen LogP contribution in [0, 0.1) is 11.3 Å². The smallest absolute Gasteiger partial charge is 0.203 e. The van der Waals surface area contributed by atoms with Gasteiger partial charge in [-0.3, -0.25) is 5.10 Å². The van der Waals surface area contributed by atoms with E-state index in [0.717, 1.165) is 5.56 Å². The van der Waals surface area contributed by atoms with Crippen LogP contribution in [0.5, 0.6) is 17.2 Å². The maximum atomic E-state index is 10.0. The van der Waals surface area contributed by atoms with E-state index >= 15 is 0 Å². The van der Waals surface area contributed by atoms with Gasteiger partial charge in [0.15, 0.2) is 17.3 Å². The lowest BCUT2D eigenvalue weighted by atomic mass is 10.1. The molecule has 0 saturated heterocycles. The first-order chi connectivity index (χ1) is 13.5. The van der Waals surface area contributed by atoms with Gasteiger partial charge in [-0.05, 0) is 29.8 Å². The molecule has 2 aromatic carbocycles. The highest BCUT2D eigenvalue weighted by Gasteiger charge is 2.14. The van der Waals surface area contributed by atoms with Gasteiger partial charge in [-0.1, -0.05) is 23.7 Å². The lowest BCUT2D eigenvalue weighted by Crippen LogP contribution is -1.93. The molecule has 0 aliphatic heterocycles. The predicted molar refractivity (Wildman–Crippen MR) is 106 cm³/mol. The molecule has 142 valence electrons. The van der Waals surface area contributed by atoms with E-state index in [1.165, 1.54) is 26.5 Å². The van der Waals surface area contributed by atoms with Gasteiger partial charge in [-0.25, -0.2) is 4.99 Å². The summed E-state index contributed by atoms with van der Waals surface area (Å²) in [6.07, 6.45) is 1.96. The number of phenolic OH excluding ortho intramolecular Hbond substituents is 1. The summed E-state index contributed by atoms with van der Waals surface area (Å²) < 4.78 is 10.3. The maximum Gasteiger partial charge on any atom is 0.203 e. The number of phenols is 1. The van der Waals surface area contributed by atoms with E-state index in [1.807, 2.05) is 18.2 Å². The summed E-state index contributed by atoms with van der Waals surface area (Å²) in [6.45, 7) is 0. The molecule has 2 N–H and O–H groups in total. The molecule has 1 aromatic heterocycles. The Morgan fingerprint density at radius 2 is 2.11 bits per heavy atom. The normalized spacial score (nSPS) is 10.8. The molecule has 0 spiro atoms. The van der Waals surface area contributed by atoms with Gasteiger partial charge >= 0.3 is 0 Å². The highest BCUT2D eigenvalue weighted by Crippen LogP contribution is 2.37. The van der Waals surface area contributed by atoms with Crippen molar-refractivity contribution in [2.75, 3.05) is 14.2 Å². The number of H-pyrrole nitrogens is 1. The number of halogens is 1. The fraction of sp³-hybridized carbons (Fsp3) is 0.150. The molecule has 3 rings (SSSR count). The van der Waals surface area contributed by atoms with Crippen LogP contribution in [0.2, 0.25) is 5.02 Å². The molecule has 8 heteroatoms. The van der Waals surface area contributed by atoms with E-state index in [1.54, 1.807) is 12.1 Å². The third-order valence-electron chi connectivity index (χ3n) is 4.02. The fourth-order valence-electron chi connectivity index (χ4n) is 2.73. The molecule has 0 unspecified atom stereocenters. The zero-order valence-electron chi connectivity index (χ0n) is 15.2. The van der Waals surface area contributed by atoms with Gasteiger partial charge in [0.1, 0.15) is 11.6 Å². The number of rotatable bonds is 6. The summed E-state index contributed by atoms with van der Waals surface area (Å²) in [5.74, 6) is 0.787. The van der Waals surface area contributed by atoms with Crippen LogP contribution in [0.25, 0.3) is 0 Å². The molecule has 28 heavy (non-hydrogen) atoms. The van der Waals surface area contributed by atoms with E-state index in [9.17, 15) is 10.4 Å². The number of benzene rings is 2. The SMILES string of the molecule is COc1cc(C=Nc2n[nH]c(Cc3cccc(Cl)c3)c2C#N)cc(O)c1OC. The van der Waals surface area contributed by atoms with Crippen molar-refractivity contribution in [3.05, 3.63) is 63.8 Å². The number of aromatic amines is 1. The van der Waals surface area contributed by atoms with Gasteiger partial charge in [0.25, 0.3) is 0 Å². The highest BCUT2D eigenvalue weighted by atomic mass is 35.5. The Labute approximate surface area is 166 Å².